The van der Waals surface area contributed by atoms with E-state index in [0.29, 0.717) is 31.4 Å². The molecule has 4 N–H and O–H groups in total. The highest BCUT2D eigenvalue weighted by Gasteiger charge is 2.42. The van der Waals surface area contributed by atoms with Gasteiger partial charge in [0.2, 0.25) is 11.8 Å². The lowest BCUT2D eigenvalue weighted by molar-refractivity contribution is -0.134. The summed E-state index contributed by atoms with van der Waals surface area (Å²) in [6, 6.07) is 7.61. The molecule has 8 nitrogen and oxygen atoms in total. The minimum absolute atomic E-state index is 0.0324. The Morgan fingerprint density at radius 1 is 1.16 bits per heavy atom. The number of alkyl halides is 2. The molecule has 1 aromatic carbocycles. The monoisotopic (exact) mass is 438 g/mol. The van der Waals surface area contributed by atoms with E-state index in [9.17, 15) is 23.2 Å². The number of nitrogens with zero attached hydrogens (tertiary/aromatic N) is 1. The summed E-state index contributed by atoms with van der Waals surface area (Å²) in [5.41, 5.74) is 6.07. The van der Waals surface area contributed by atoms with Crippen LogP contribution in [0.15, 0.2) is 30.3 Å². The van der Waals surface area contributed by atoms with Gasteiger partial charge < -0.3 is 26.0 Å². The molecule has 1 atom stereocenters. The van der Waals surface area contributed by atoms with Gasteiger partial charge in [0, 0.05) is 19.0 Å². The van der Waals surface area contributed by atoms with E-state index in [1.54, 1.807) is 30.3 Å². The number of carbonyl (C=O) groups excluding carboxylic acids is 3. The fourth-order valence-electron chi connectivity index (χ4n) is 4.02. The molecule has 0 bridgehead atoms. The van der Waals surface area contributed by atoms with Gasteiger partial charge in [-0.25, -0.2) is 13.6 Å². The Bertz CT molecular complexity index is 785. The first-order valence-corrected chi connectivity index (χ1v) is 10.5. The van der Waals surface area contributed by atoms with Crippen LogP contribution in [0.2, 0.25) is 0 Å². The molecular weight excluding hydrogens is 410 g/mol. The van der Waals surface area contributed by atoms with Gasteiger partial charge in [-0.15, -0.1) is 0 Å². The summed E-state index contributed by atoms with van der Waals surface area (Å²) in [6.07, 6.45) is 1.44. The molecule has 1 saturated carbocycles. The van der Waals surface area contributed by atoms with Gasteiger partial charge in [-0.2, -0.15) is 0 Å². The van der Waals surface area contributed by atoms with Crippen molar-refractivity contribution in [1.82, 2.24) is 15.5 Å². The zero-order chi connectivity index (χ0) is 22.4. The summed E-state index contributed by atoms with van der Waals surface area (Å²) < 4.78 is 31.7. The number of likely N-dealkylation sites (tertiary alicyclic amines) is 1. The molecule has 3 amide bonds. The number of hydrogen-bond acceptors (Lipinski definition) is 5. The van der Waals surface area contributed by atoms with Crippen molar-refractivity contribution < 1.29 is 27.9 Å². The van der Waals surface area contributed by atoms with E-state index in [0.717, 1.165) is 4.90 Å². The van der Waals surface area contributed by atoms with Crippen molar-refractivity contribution in [1.29, 1.82) is 0 Å². The van der Waals surface area contributed by atoms with Crippen molar-refractivity contribution in [3.8, 4) is 5.75 Å². The van der Waals surface area contributed by atoms with Crippen LogP contribution in [-0.4, -0.2) is 60.4 Å². The lowest BCUT2D eigenvalue weighted by Crippen LogP contribution is -2.50. The number of para-hydroxylation sites is 1. The maximum atomic E-state index is 13.3. The number of ether oxygens (including phenoxy) is 1. The number of nitrogens with one attached hydrogen (secondary N) is 2. The molecule has 0 radical (unpaired) electrons. The molecule has 2 fully saturated rings. The Hall–Kier alpha value is -2.75. The standard InChI is InChI=1S/C21H28F2N4O4/c22-21(23)10-11-27(13-21)19(29)18(24)14-6-8-15(9-7-14)26-17(28)12-25-20(30)31-16-4-2-1-3-5-16/h1-5,14-15,18H,6-13,24H2,(H,25,30)(H,26,28)/t14?,15?,18-/m0/s1. The first-order chi connectivity index (χ1) is 14.7. The van der Waals surface area contributed by atoms with E-state index < -0.39 is 30.5 Å². The smallest absolute Gasteiger partial charge is 0.410 e. The van der Waals surface area contributed by atoms with Crippen LogP contribution in [0.4, 0.5) is 13.6 Å². The van der Waals surface area contributed by atoms with Crippen LogP contribution in [0.3, 0.4) is 0 Å². The highest BCUT2D eigenvalue weighted by Crippen LogP contribution is 2.30. The largest absolute Gasteiger partial charge is 0.413 e. The van der Waals surface area contributed by atoms with Crippen molar-refractivity contribution in [2.75, 3.05) is 19.6 Å². The number of hydrogen-bond donors (Lipinski definition) is 3. The van der Waals surface area contributed by atoms with Crippen LogP contribution in [0.1, 0.15) is 32.1 Å². The molecule has 0 aromatic heterocycles. The molecular formula is C21H28F2N4O4. The van der Waals surface area contributed by atoms with E-state index in [1.165, 1.54) is 0 Å². The maximum absolute atomic E-state index is 13.3. The van der Waals surface area contributed by atoms with Crippen molar-refractivity contribution >= 4 is 17.9 Å². The average Bonchev–Trinajstić information content (AvgIpc) is 3.12. The molecule has 31 heavy (non-hydrogen) atoms. The fraction of sp³-hybridized carbons (Fsp3) is 0.571. The van der Waals surface area contributed by atoms with Crippen LogP contribution in [0.25, 0.3) is 0 Å². The van der Waals surface area contributed by atoms with Gasteiger partial charge in [0.05, 0.1) is 12.6 Å². The number of carbonyl (C=O) groups is 3. The van der Waals surface area contributed by atoms with Gasteiger partial charge >= 0.3 is 6.09 Å². The molecule has 170 valence electrons. The number of nitrogens with two attached hydrogens (primary N) is 1. The second-order valence-electron chi connectivity index (χ2n) is 8.13. The molecule has 1 aromatic rings. The zero-order valence-electron chi connectivity index (χ0n) is 17.2. The quantitative estimate of drug-likeness (QED) is 0.625. The third kappa shape index (κ3) is 6.61. The van der Waals surface area contributed by atoms with Crippen molar-refractivity contribution in [3.05, 3.63) is 30.3 Å². The molecule has 2 aliphatic rings. The predicted octanol–water partition coefficient (Wildman–Crippen LogP) is 1.64. The number of amides is 3. The predicted molar refractivity (Wildman–Crippen MR) is 108 cm³/mol. The summed E-state index contributed by atoms with van der Waals surface area (Å²) in [6.45, 7) is -0.748. The Balaban J connectivity index is 1.35. The highest BCUT2D eigenvalue weighted by atomic mass is 19.3. The van der Waals surface area contributed by atoms with E-state index >= 15 is 0 Å². The highest BCUT2D eigenvalue weighted by molar-refractivity contribution is 5.83. The lowest BCUT2D eigenvalue weighted by Gasteiger charge is -2.33. The summed E-state index contributed by atoms with van der Waals surface area (Å²) >= 11 is 0. The molecule has 3 rings (SSSR count). The second-order valence-corrected chi connectivity index (χ2v) is 8.13. The van der Waals surface area contributed by atoms with Crippen LogP contribution >= 0.6 is 0 Å². The summed E-state index contributed by atoms with van der Waals surface area (Å²) in [4.78, 5) is 37.4. The Kier molecular flexibility index (Phi) is 7.42. The minimum Gasteiger partial charge on any atom is -0.410 e. The van der Waals surface area contributed by atoms with Gasteiger partial charge in [0.1, 0.15) is 12.3 Å². The van der Waals surface area contributed by atoms with Crippen LogP contribution in [-0.2, 0) is 9.59 Å². The summed E-state index contributed by atoms with van der Waals surface area (Å²) in [7, 11) is 0. The van der Waals surface area contributed by atoms with Crippen LogP contribution in [0.5, 0.6) is 5.75 Å². The maximum Gasteiger partial charge on any atom is 0.413 e. The molecule has 1 aliphatic carbocycles. The molecule has 10 heteroatoms. The fourth-order valence-corrected chi connectivity index (χ4v) is 4.02. The third-order valence-electron chi connectivity index (χ3n) is 5.76. The number of benzene rings is 1. The third-order valence-corrected chi connectivity index (χ3v) is 5.76. The van der Waals surface area contributed by atoms with Gasteiger partial charge in [0.25, 0.3) is 5.92 Å². The minimum atomic E-state index is -2.83. The first kappa shape index (κ1) is 22.9. The molecule has 1 saturated heterocycles. The molecule has 0 unspecified atom stereocenters. The summed E-state index contributed by atoms with van der Waals surface area (Å²) in [5.74, 6) is -3.33. The second kappa shape index (κ2) is 10.0. The van der Waals surface area contributed by atoms with Gasteiger partial charge in [-0.1, -0.05) is 18.2 Å². The number of halogens is 2. The van der Waals surface area contributed by atoms with Crippen LogP contribution in [0, 0.1) is 5.92 Å². The van der Waals surface area contributed by atoms with Gasteiger partial charge in [0.15, 0.2) is 0 Å². The van der Waals surface area contributed by atoms with E-state index in [4.69, 9.17) is 10.5 Å². The number of rotatable bonds is 6. The molecule has 1 heterocycles. The van der Waals surface area contributed by atoms with Crippen molar-refractivity contribution in [2.24, 2.45) is 11.7 Å². The average molecular weight is 438 g/mol. The molecule has 1 aliphatic heterocycles. The first-order valence-electron chi connectivity index (χ1n) is 10.5. The zero-order valence-corrected chi connectivity index (χ0v) is 17.2. The van der Waals surface area contributed by atoms with E-state index in [2.05, 4.69) is 10.6 Å². The normalized spacial score (nSPS) is 23.6. The SMILES string of the molecule is N[C@H](C(=O)N1CCC(F)(F)C1)C1CCC(NC(=O)CNC(=O)Oc2ccccc2)CC1. The lowest BCUT2D eigenvalue weighted by atomic mass is 9.81. The van der Waals surface area contributed by atoms with Gasteiger partial charge in [-0.3, -0.25) is 9.59 Å². The van der Waals surface area contributed by atoms with Crippen molar-refractivity contribution in [2.45, 2.75) is 50.1 Å². The molecule has 0 spiro atoms. The Morgan fingerprint density at radius 2 is 1.84 bits per heavy atom. The topological polar surface area (TPSA) is 114 Å². The van der Waals surface area contributed by atoms with Crippen molar-refractivity contribution in [3.63, 3.8) is 0 Å². The van der Waals surface area contributed by atoms with E-state index in [-0.39, 0.29) is 37.4 Å². The Labute approximate surface area is 179 Å². The Morgan fingerprint density at radius 3 is 2.45 bits per heavy atom. The van der Waals surface area contributed by atoms with E-state index in [1.807, 2.05) is 0 Å². The van der Waals surface area contributed by atoms with Crippen LogP contribution < -0.4 is 21.1 Å². The van der Waals surface area contributed by atoms with Gasteiger partial charge in [-0.05, 0) is 43.7 Å². The summed E-state index contributed by atoms with van der Waals surface area (Å²) in [5, 5.41) is 5.24.